The van der Waals surface area contributed by atoms with E-state index in [1.165, 1.54) is 0 Å². The number of allylic oxidation sites excluding steroid dienone is 2. The molecule has 7 nitrogen and oxygen atoms in total. The summed E-state index contributed by atoms with van der Waals surface area (Å²) in [4.78, 5) is 29.7. The van der Waals surface area contributed by atoms with E-state index in [1.807, 2.05) is 95.4 Å². The second-order valence-corrected chi connectivity index (χ2v) is 11.3. The number of hydrazine groups is 1. The topological polar surface area (TPSA) is 108 Å². The molecule has 0 saturated carbocycles. The number of nitrogens with two attached hydrogens (primary N) is 1. The van der Waals surface area contributed by atoms with E-state index in [-0.39, 0.29) is 36.6 Å². The highest BCUT2D eigenvalue weighted by Gasteiger charge is 2.35. The van der Waals surface area contributed by atoms with Crippen LogP contribution in [0.1, 0.15) is 64.2 Å². The zero-order valence-corrected chi connectivity index (χ0v) is 24.7. The summed E-state index contributed by atoms with van der Waals surface area (Å²) in [6.07, 6.45) is 7.13. The number of carbonyl (C=O) groups excluding carboxylic acids is 2. The van der Waals surface area contributed by atoms with Gasteiger partial charge in [0.2, 0.25) is 11.8 Å². The number of aliphatic hydroxyl groups is 1. The maximum absolute atomic E-state index is 13.1. The Balaban J connectivity index is 2.18. The van der Waals surface area contributed by atoms with Gasteiger partial charge < -0.3 is 10.8 Å². The van der Waals surface area contributed by atoms with E-state index in [4.69, 9.17) is 5.73 Å². The maximum Gasteiger partial charge on any atom is 0.249 e. The molecular weight excluding hydrogens is 500 g/mol. The number of amides is 2. The lowest BCUT2D eigenvalue weighted by Crippen LogP contribution is -2.52. The monoisotopic (exact) mass is 546 g/mol. The van der Waals surface area contributed by atoms with Crippen LogP contribution in [-0.4, -0.2) is 46.8 Å². The van der Waals surface area contributed by atoms with Crippen LogP contribution < -0.4 is 11.2 Å². The van der Waals surface area contributed by atoms with E-state index in [9.17, 15) is 14.7 Å². The summed E-state index contributed by atoms with van der Waals surface area (Å²) < 4.78 is 0. The lowest BCUT2D eigenvalue weighted by molar-refractivity contribution is -0.138. The van der Waals surface area contributed by atoms with Crippen molar-refractivity contribution in [2.75, 3.05) is 13.1 Å². The summed E-state index contributed by atoms with van der Waals surface area (Å²) in [5.41, 5.74) is 10.6. The predicted molar refractivity (Wildman–Crippen MR) is 164 cm³/mol. The summed E-state index contributed by atoms with van der Waals surface area (Å²) >= 11 is 0. The van der Waals surface area contributed by atoms with Crippen LogP contribution in [0.2, 0.25) is 0 Å². The SMILES string of the molecule is C=C/C(=C\N=CCC)c1ccc(CCN(CCC(O)(Cc2ccccc2)C(N)=O)NC(=O)C(C)C(C)(C)C)cc1. The summed E-state index contributed by atoms with van der Waals surface area (Å²) in [6, 6.07) is 17.4. The second-order valence-electron chi connectivity index (χ2n) is 11.3. The van der Waals surface area contributed by atoms with Gasteiger partial charge in [-0.25, -0.2) is 5.01 Å². The van der Waals surface area contributed by atoms with Gasteiger partial charge in [0.05, 0.1) is 0 Å². The molecule has 4 N–H and O–H groups in total. The van der Waals surface area contributed by atoms with Gasteiger partial charge in [-0.2, -0.15) is 0 Å². The molecule has 0 fully saturated rings. The van der Waals surface area contributed by atoms with Crippen molar-refractivity contribution in [2.24, 2.45) is 22.1 Å². The van der Waals surface area contributed by atoms with E-state index in [1.54, 1.807) is 17.3 Å². The third-order valence-corrected chi connectivity index (χ3v) is 7.23. The van der Waals surface area contributed by atoms with Gasteiger partial charge in [0, 0.05) is 44.3 Å². The smallest absolute Gasteiger partial charge is 0.249 e. The van der Waals surface area contributed by atoms with E-state index in [0.29, 0.717) is 13.0 Å². The molecule has 2 unspecified atom stereocenters. The number of carbonyl (C=O) groups is 2. The number of primary amides is 1. The Labute approximate surface area is 239 Å². The molecule has 2 amide bonds. The van der Waals surface area contributed by atoms with E-state index in [2.05, 4.69) is 17.0 Å². The molecule has 40 heavy (non-hydrogen) atoms. The first-order valence-corrected chi connectivity index (χ1v) is 13.9. The predicted octanol–water partition coefficient (Wildman–Crippen LogP) is 5.10. The Bertz CT molecular complexity index is 1170. The Morgan fingerprint density at radius 1 is 1.07 bits per heavy atom. The van der Waals surface area contributed by atoms with Crippen molar-refractivity contribution in [1.82, 2.24) is 10.4 Å². The number of aliphatic imine (C=N–C) groups is 1. The summed E-state index contributed by atoms with van der Waals surface area (Å²) in [5.74, 6) is -1.13. The van der Waals surface area contributed by atoms with Gasteiger partial charge in [0.25, 0.3) is 0 Å². The molecule has 0 aliphatic carbocycles. The zero-order valence-electron chi connectivity index (χ0n) is 24.7. The first-order valence-electron chi connectivity index (χ1n) is 13.9. The van der Waals surface area contributed by atoms with Crippen molar-refractivity contribution in [3.05, 3.63) is 90.1 Å². The third-order valence-electron chi connectivity index (χ3n) is 7.23. The molecule has 216 valence electrons. The fraction of sp³-hybridized carbons (Fsp3) is 0.424. The average Bonchev–Trinajstić information content (AvgIpc) is 2.92. The molecule has 0 heterocycles. The number of hydrogen-bond acceptors (Lipinski definition) is 5. The molecule has 2 aromatic carbocycles. The third kappa shape index (κ3) is 10.2. The standard InChI is InChI=1S/C33H46N4O3/c1-7-20-35-24-28(8-2)29-16-14-26(15-17-29)18-21-37(36-30(38)25(3)32(4,5)6)22-19-33(40,31(34)39)23-27-12-10-9-11-13-27/h8-17,20,24-25,40H,2,7,18-19,21-23H2,1,3-6H3,(H2,34,39)(H,36,38)/b28-24+,35-20?. The highest BCUT2D eigenvalue weighted by Crippen LogP contribution is 2.26. The number of rotatable bonds is 15. The van der Waals surface area contributed by atoms with Gasteiger partial charge in [-0.1, -0.05) is 102 Å². The van der Waals surface area contributed by atoms with Crippen molar-refractivity contribution >= 4 is 23.6 Å². The lowest BCUT2D eigenvalue weighted by Gasteiger charge is -2.32. The van der Waals surface area contributed by atoms with Crippen LogP contribution in [0, 0.1) is 11.3 Å². The van der Waals surface area contributed by atoms with E-state index < -0.39 is 11.5 Å². The van der Waals surface area contributed by atoms with Gasteiger partial charge in [-0.3, -0.25) is 20.0 Å². The highest BCUT2D eigenvalue weighted by molar-refractivity contribution is 5.83. The van der Waals surface area contributed by atoms with Crippen molar-refractivity contribution in [2.45, 2.75) is 65.9 Å². The van der Waals surface area contributed by atoms with Crippen LogP contribution in [0.5, 0.6) is 0 Å². The molecule has 0 aromatic heterocycles. The van der Waals surface area contributed by atoms with E-state index >= 15 is 0 Å². The van der Waals surface area contributed by atoms with Gasteiger partial charge in [-0.05, 0) is 40.5 Å². The zero-order chi connectivity index (χ0) is 29.8. The van der Waals surface area contributed by atoms with Gasteiger partial charge in [-0.15, -0.1) is 0 Å². The first kappa shape index (κ1) is 32.7. The first-order chi connectivity index (χ1) is 18.9. The second kappa shape index (κ2) is 15.3. The molecule has 2 rings (SSSR count). The fourth-order valence-corrected chi connectivity index (χ4v) is 4.03. The number of nitrogens with zero attached hydrogens (tertiary/aromatic N) is 2. The minimum atomic E-state index is -1.74. The summed E-state index contributed by atoms with van der Waals surface area (Å²) in [7, 11) is 0. The Morgan fingerprint density at radius 3 is 2.27 bits per heavy atom. The molecule has 0 saturated heterocycles. The van der Waals surface area contributed by atoms with Crippen molar-refractivity contribution in [3.63, 3.8) is 0 Å². The van der Waals surface area contributed by atoms with E-state index in [0.717, 1.165) is 28.7 Å². The Morgan fingerprint density at radius 2 is 1.73 bits per heavy atom. The number of benzene rings is 2. The Kier molecular flexibility index (Phi) is 12.5. The van der Waals surface area contributed by atoms with Gasteiger partial charge >= 0.3 is 0 Å². The maximum atomic E-state index is 13.1. The molecule has 0 aliphatic heterocycles. The molecule has 0 spiro atoms. The van der Waals surface area contributed by atoms with Crippen LogP contribution in [0.3, 0.4) is 0 Å². The van der Waals surface area contributed by atoms with Crippen LogP contribution in [0.15, 0.2) is 78.4 Å². The van der Waals surface area contributed by atoms with Gasteiger partial charge in [0.15, 0.2) is 0 Å². The molecule has 7 heteroatoms. The van der Waals surface area contributed by atoms with Crippen LogP contribution >= 0.6 is 0 Å². The Hall–Kier alpha value is -3.55. The normalized spacial score (nSPS) is 14.6. The van der Waals surface area contributed by atoms with Crippen molar-refractivity contribution in [3.8, 4) is 0 Å². The minimum Gasteiger partial charge on any atom is -0.380 e. The molecular formula is C33H46N4O3. The minimum absolute atomic E-state index is 0.0755. The largest absolute Gasteiger partial charge is 0.380 e. The molecule has 2 aromatic rings. The number of hydrogen-bond donors (Lipinski definition) is 3. The number of nitrogens with one attached hydrogen (secondary N) is 1. The molecule has 0 bridgehead atoms. The quantitative estimate of drug-likeness (QED) is 0.164. The lowest BCUT2D eigenvalue weighted by atomic mass is 9.82. The van der Waals surface area contributed by atoms with Crippen LogP contribution in [0.25, 0.3) is 5.57 Å². The molecule has 0 radical (unpaired) electrons. The summed E-state index contributed by atoms with van der Waals surface area (Å²) in [6.45, 7) is 14.6. The average molecular weight is 547 g/mol. The van der Waals surface area contributed by atoms with Crippen molar-refractivity contribution < 1.29 is 14.7 Å². The highest BCUT2D eigenvalue weighted by atomic mass is 16.3. The van der Waals surface area contributed by atoms with Gasteiger partial charge in [0.1, 0.15) is 5.60 Å². The van der Waals surface area contributed by atoms with Crippen LogP contribution in [-0.2, 0) is 22.4 Å². The van der Waals surface area contributed by atoms with Crippen molar-refractivity contribution in [1.29, 1.82) is 0 Å². The molecule has 2 atom stereocenters. The fourth-order valence-electron chi connectivity index (χ4n) is 4.03. The van der Waals surface area contributed by atoms with Crippen LogP contribution in [0.4, 0.5) is 0 Å². The summed E-state index contributed by atoms with van der Waals surface area (Å²) in [5, 5.41) is 13.0. The molecule has 0 aliphatic rings.